The highest BCUT2D eigenvalue weighted by Gasteiger charge is 2.06. The van der Waals surface area contributed by atoms with E-state index >= 15 is 0 Å². The van der Waals surface area contributed by atoms with Crippen LogP contribution in [0.4, 0.5) is 5.69 Å². The fraction of sp³-hybridized carbons (Fsp3) is 0.0714. The van der Waals surface area contributed by atoms with Crippen molar-refractivity contribution in [3.05, 3.63) is 134 Å². The average molecular weight is 532 g/mol. The molecular weight excluding hydrogens is 510 g/mol. The Kier molecular flexibility index (Phi) is 8.91. The number of non-ortho nitro benzene ring substituents is 1. The van der Waals surface area contributed by atoms with Gasteiger partial charge in [0.1, 0.15) is 12.4 Å². The van der Waals surface area contributed by atoms with Crippen molar-refractivity contribution < 1.29 is 14.5 Å². The van der Waals surface area contributed by atoms with Gasteiger partial charge in [0.25, 0.3) is 11.6 Å². The molecule has 0 radical (unpaired) electrons. The summed E-state index contributed by atoms with van der Waals surface area (Å²) in [5.41, 5.74) is 5.82. The van der Waals surface area contributed by atoms with Crippen molar-refractivity contribution in [1.29, 1.82) is 0 Å². The summed E-state index contributed by atoms with van der Waals surface area (Å²) < 4.78 is 5.71. The highest BCUT2D eigenvalue weighted by Crippen LogP contribution is 2.24. The second kappa shape index (κ2) is 12.7. The van der Waals surface area contributed by atoms with Gasteiger partial charge in [-0.1, -0.05) is 23.7 Å². The van der Waals surface area contributed by atoms with E-state index in [1.165, 1.54) is 12.1 Å². The maximum Gasteiger partial charge on any atom is 0.271 e. The van der Waals surface area contributed by atoms with Crippen molar-refractivity contribution in [2.75, 3.05) is 0 Å². The van der Waals surface area contributed by atoms with Crippen LogP contribution in [0.5, 0.6) is 5.75 Å². The number of thioether (sulfide) groups is 1. The first kappa shape index (κ1) is 25.9. The smallest absolute Gasteiger partial charge is 0.271 e. The van der Waals surface area contributed by atoms with E-state index in [1.807, 2.05) is 48.5 Å². The third-order valence-corrected chi connectivity index (χ3v) is 6.58. The number of nitro groups is 1. The van der Waals surface area contributed by atoms with E-state index in [2.05, 4.69) is 10.5 Å². The molecule has 0 spiro atoms. The number of ether oxygens (including phenoxy) is 1. The lowest BCUT2D eigenvalue weighted by molar-refractivity contribution is -0.384. The van der Waals surface area contributed by atoms with E-state index in [-0.39, 0.29) is 11.6 Å². The van der Waals surface area contributed by atoms with E-state index in [1.54, 1.807) is 54.4 Å². The van der Waals surface area contributed by atoms with Crippen LogP contribution in [0, 0.1) is 10.1 Å². The summed E-state index contributed by atoms with van der Waals surface area (Å²) in [5, 5.41) is 15.5. The van der Waals surface area contributed by atoms with Gasteiger partial charge in [0.2, 0.25) is 0 Å². The topological polar surface area (TPSA) is 93.8 Å². The maximum absolute atomic E-state index is 12.4. The predicted octanol–water partition coefficient (Wildman–Crippen LogP) is 6.88. The first-order valence-corrected chi connectivity index (χ1v) is 12.6. The number of hydrazone groups is 1. The Bertz CT molecular complexity index is 1380. The Morgan fingerprint density at radius 1 is 0.919 bits per heavy atom. The lowest BCUT2D eigenvalue weighted by Crippen LogP contribution is -2.17. The SMILES string of the molecule is O=C(N/N=C/c1ccc(OCc2ccc([N+](=O)[O-])cc2)cc1)c1ccc(CSc2ccc(Cl)cc2)cc1. The van der Waals surface area contributed by atoms with E-state index in [0.717, 1.165) is 27.3 Å². The molecule has 1 amide bonds. The van der Waals surface area contributed by atoms with Gasteiger partial charge < -0.3 is 4.74 Å². The number of carbonyl (C=O) groups is 1. The summed E-state index contributed by atoms with van der Waals surface area (Å²) in [5.74, 6) is 1.14. The molecule has 0 fully saturated rings. The summed E-state index contributed by atoms with van der Waals surface area (Å²) >= 11 is 7.62. The minimum Gasteiger partial charge on any atom is -0.489 e. The standard InChI is InChI=1S/C28H22ClN3O4S/c29-24-9-15-27(16-10-24)37-19-22-1-7-23(8-2-22)28(33)31-30-17-20-5-13-26(14-6-20)36-18-21-3-11-25(12-4-21)32(34)35/h1-17H,18-19H2,(H,31,33)/b30-17+. The van der Waals surface area contributed by atoms with Crippen molar-refractivity contribution in [3.8, 4) is 5.75 Å². The molecule has 0 unspecified atom stereocenters. The van der Waals surface area contributed by atoms with Crippen molar-refractivity contribution in [2.45, 2.75) is 17.3 Å². The van der Waals surface area contributed by atoms with Gasteiger partial charge in [0.05, 0.1) is 11.1 Å². The summed E-state index contributed by atoms with van der Waals surface area (Å²) in [4.78, 5) is 23.8. The molecule has 0 aromatic heterocycles. The molecule has 4 aromatic rings. The lowest BCUT2D eigenvalue weighted by atomic mass is 10.1. The van der Waals surface area contributed by atoms with E-state index in [0.29, 0.717) is 22.9 Å². The molecule has 4 rings (SSSR count). The number of nitrogens with one attached hydrogen (secondary N) is 1. The summed E-state index contributed by atoms with van der Waals surface area (Å²) in [6.07, 6.45) is 1.55. The number of benzene rings is 4. The minimum absolute atomic E-state index is 0.0424. The molecule has 0 bridgehead atoms. The van der Waals surface area contributed by atoms with Gasteiger partial charge in [-0.15, -0.1) is 11.8 Å². The summed E-state index contributed by atoms with van der Waals surface area (Å²) in [6.45, 7) is 0.292. The fourth-order valence-electron chi connectivity index (χ4n) is 3.21. The molecule has 0 heterocycles. The van der Waals surface area contributed by atoms with Crippen LogP contribution in [0.1, 0.15) is 27.0 Å². The zero-order valence-electron chi connectivity index (χ0n) is 19.5. The van der Waals surface area contributed by atoms with Gasteiger partial charge in [0.15, 0.2) is 0 Å². The van der Waals surface area contributed by atoms with Gasteiger partial charge in [0, 0.05) is 33.4 Å². The number of hydrogen-bond donors (Lipinski definition) is 1. The number of halogens is 1. The Balaban J connectivity index is 1.22. The number of amides is 1. The van der Waals surface area contributed by atoms with E-state index in [9.17, 15) is 14.9 Å². The van der Waals surface area contributed by atoms with E-state index in [4.69, 9.17) is 16.3 Å². The lowest BCUT2D eigenvalue weighted by Gasteiger charge is -2.06. The minimum atomic E-state index is -0.437. The van der Waals surface area contributed by atoms with E-state index < -0.39 is 4.92 Å². The van der Waals surface area contributed by atoms with Crippen LogP contribution in [-0.2, 0) is 12.4 Å². The van der Waals surface area contributed by atoms with Crippen molar-refractivity contribution in [2.24, 2.45) is 5.10 Å². The van der Waals surface area contributed by atoms with Crippen LogP contribution < -0.4 is 10.2 Å². The van der Waals surface area contributed by atoms with Gasteiger partial charge in [-0.25, -0.2) is 5.43 Å². The molecule has 0 saturated carbocycles. The Morgan fingerprint density at radius 2 is 1.57 bits per heavy atom. The van der Waals surface area contributed by atoms with Crippen molar-refractivity contribution in [1.82, 2.24) is 5.43 Å². The number of carbonyl (C=O) groups excluding carboxylic acids is 1. The molecular formula is C28H22ClN3O4S. The molecule has 186 valence electrons. The maximum atomic E-state index is 12.4. The van der Waals surface area contributed by atoms with Crippen molar-refractivity contribution >= 4 is 41.2 Å². The average Bonchev–Trinajstić information content (AvgIpc) is 2.93. The molecule has 0 aliphatic carbocycles. The van der Waals surface area contributed by atoms with Gasteiger partial charge in [-0.05, 0) is 89.5 Å². The monoisotopic (exact) mass is 531 g/mol. The van der Waals surface area contributed by atoms with Gasteiger partial charge in [-0.2, -0.15) is 5.10 Å². The highest BCUT2D eigenvalue weighted by atomic mass is 35.5. The zero-order chi connectivity index (χ0) is 26.0. The van der Waals surface area contributed by atoms with Crippen LogP contribution in [0.15, 0.2) is 107 Å². The van der Waals surface area contributed by atoms with Crippen LogP contribution in [0.3, 0.4) is 0 Å². The molecule has 0 saturated heterocycles. The molecule has 37 heavy (non-hydrogen) atoms. The normalized spacial score (nSPS) is 10.8. The Hall–Kier alpha value is -4.14. The molecule has 0 aliphatic heterocycles. The second-order valence-electron chi connectivity index (χ2n) is 7.92. The van der Waals surface area contributed by atoms with Crippen LogP contribution >= 0.6 is 23.4 Å². The molecule has 9 heteroatoms. The highest BCUT2D eigenvalue weighted by molar-refractivity contribution is 7.98. The molecule has 0 atom stereocenters. The number of nitro benzene ring substituents is 1. The van der Waals surface area contributed by atoms with Crippen LogP contribution in [0.2, 0.25) is 5.02 Å². The van der Waals surface area contributed by atoms with Gasteiger partial charge >= 0.3 is 0 Å². The Morgan fingerprint density at radius 3 is 2.22 bits per heavy atom. The molecule has 7 nitrogen and oxygen atoms in total. The predicted molar refractivity (Wildman–Crippen MR) is 146 cm³/mol. The Labute approximate surface area is 223 Å². The zero-order valence-corrected chi connectivity index (χ0v) is 21.1. The van der Waals surface area contributed by atoms with Crippen LogP contribution in [-0.4, -0.2) is 17.0 Å². The molecule has 4 aromatic carbocycles. The number of rotatable bonds is 10. The largest absolute Gasteiger partial charge is 0.489 e. The molecule has 1 N–H and O–H groups in total. The molecule has 0 aliphatic rings. The fourth-order valence-corrected chi connectivity index (χ4v) is 4.19. The quantitative estimate of drug-likeness (QED) is 0.104. The second-order valence-corrected chi connectivity index (χ2v) is 9.41. The summed E-state index contributed by atoms with van der Waals surface area (Å²) in [7, 11) is 0. The first-order chi connectivity index (χ1) is 18.0. The first-order valence-electron chi connectivity index (χ1n) is 11.2. The van der Waals surface area contributed by atoms with Crippen molar-refractivity contribution in [3.63, 3.8) is 0 Å². The number of hydrogen-bond acceptors (Lipinski definition) is 6. The summed E-state index contributed by atoms with van der Waals surface area (Å²) in [6, 6.07) is 28.5. The van der Waals surface area contributed by atoms with Crippen LogP contribution in [0.25, 0.3) is 0 Å². The third-order valence-electron chi connectivity index (χ3n) is 5.25. The number of nitrogens with zero attached hydrogens (tertiary/aromatic N) is 2. The third kappa shape index (κ3) is 7.93. The van der Waals surface area contributed by atoms with Gasteiger partial charge in [-0.3, -0.25) is 14.9 Å².